The second-order valence-electron chi connectivity index (χ2n) is 12.4. The number of aliphatic hydroxyl groups is 1. The van der Waals surface area contributed by atoms with Gasteiger partial charge in [0.2, 0.25) is 0 Å². The van der Waals surface area contributed by atoms with Crippen LogP contribution in [0.2, 0.25) is 0 Å². The lowest BCUT2D eigenvalue weighted by atomic mass is 9.95. The zero-order chi connectivity index (χ0) is 27.7. The highest BCUT2D eigenvalue weighted by Crippen LogP contribution is 2.42. The van der Waals surface area contributed by atoms with Gasteiger partial charge in [0.25, 0.3) is 0 Å². The molecule has 1 aliphatic carbocycles. The molecule has 3 saturated heterocycles. The molecule has 4 aliphatic rings. The summed E-state index contributed by atoms with van der Waals surface area (Å²) in [6, 6.07) is 10.3. The van der Waals surface area contributed by atoms with E-state index in [1.165, 1.54) is 6.07 Å². The molecule has 7 nitrogen and oxygen atoms in total. The molecule has 212 valence electrons. The number of halogens is 2. The summed E-state index contributed by atoms with van der Waals surface area (Å²) in [5.74, 6) is 0.0593. The molecular weight excluding hydrogens is 524 g/mol. The lowest BCUT2D eigenvalue weighted by Gasteiger charge is -2.34. The number of fused-ring (bicyclic) bond motifs is 5. The monoisotopic (exact) mass is 557 g/mol. The van der Waals surface area contributed by atoms with Crippen LogP contribution in [0.15, 0.2) is 42.6 Å². The van der Waals surface area contributed by atoms with Crippen LogP contribution in [0.3, 0.4) is 0 Å². The largest absolute Gasteiger partial charge is 0.461 e. The van der Waals surface area contributed by atoms with E-state index in [2.05, 4.69) is 19.8 Å². The molecule has 3 aliphatic heterocycles. The molecule has 5 heterocycles. The Morgan fingerprint density at radius 2 is 1.80 bits per heavy atom. The molecule has 0 spiro atoms. The standard InChI is InChI=1S/C32H33F2N5O2/c33-24-8-2-6-20-5-1-7-22(26(20)24)28-27(34)29-23(15-35-28)30(38-16-19-13-21(17-38)25(40)14-19)37-31(36-29)41-18-32-9-3-11-39(32)12-4-10-32/h1-2,5-8,15,19,21,25,40H,3-4,9-14,16-18H2. The number of aromatic nitrogens is 3. The normalized spacial score (nSPS) is 25.3. The van der Waals surface area contributed by atoms with E-state index in [0.717, 1.165) is 58.2 Å². The van der Waals surface area contributed by atoms with Gasteiger partial charge in [-0.25, -0.2) is 8.78 Å². The van der Waals surface area contributed by atoms with E-state index in [1.807, 2.05) is 0 Å². The minimum atomic E-state index is -0.617. The Balaban J connectivity index is 1.25. The highest BCUT2D eigenvalue weighted by Gasteiger charge is 2.45. The van der Waals surface area contributed by atoms with Gasteiger partial charge in [0.15, 0.2) is 5.82 Å². The Kier molecular flexibility index (Phi) is 5.90. The number of pyridine rings is 1. The summed E-state index contributed by atoms with van der Waals surface area (Å²) in [5, 5.41) is 12.0. The number of benzene rings is 2. The predicted octanol–water partition coefficient (Wildman–Crippen LogP) is 5.34. The topological polar surface area (TPSA) is 74.6 Å². The molecular formula is C32H33F2N5O2. The Bertz CT molecular complexity index is 1650. The first kappa shape index (κ1) is 25.3. The first-order chi connectivity index (χ1) is 20.0. The zero-order valence-corrected chi connectivity index (χ0v) is 22.9. The van der Waals surface area contributed by atoms with Crippen LogP contribution in [0, 0.1) is 23.5 Å². The molecule has 2 bridgehead atoms. The number of hydrogen-bond acceptors (Lipinski definition) is 7. The van der Waals surface area contributed by atoms with Crippen LogP contribution < -0.4 is 9.64 Å². The predicted molar refractivity (Wildman–Crippen MR) is 153 cm³/mol. The maximum Gasteiger partial charge on any atom is 0.319 e. The van der Waals surface area contributed by atoms with E-state index in [-0.39, 0.29) is 34.8 Å². The van der Waals surface area contributed by atoms with Crippen molar-refractivity contribution >= 4 is 27.5 Å². The van der Waals surface area contributed by atoms with Crippen molar-refractivity contribution < 1.29 is 18.6 Å². The van der Waals surface area contributed by atoms with Crippen molar-refractivity contribution in [1.82, 2.24) is 19.9 Å². The van der Waals surface area contributed by atoms with Gasteiger partial charge in [-0.1, -0.05) is 30.3 Å². The van der Waals surface area contributed by atoms with Crippen LogP contribution in [-0.4, -0.2) is 69.4 Å². The van der Waals surface area contributed by atoms with Gasteiger partial charge in [-0.2, -0.15) is 9.97 Å². The molecule has 2 aromatic heterocycles. The third-order valence-electron chi connectivity index (χ3n) is 10.0. The van der Waals surface area contributed by atoms with Crippen molar-refractivity contribution in [2.45, 2.75) is 50.2 Å². The highest BCUT2D eigenvalue weighted by atomic mass is 19.1. The fourth-order valence-corrected chi connectivity index (χ4v) is 8.07. The summed E-state index contributed by atoms with van der Waals surface area (Å²) < 4.78 is 37.8. The fraction of sp³-hybridized carbons (Fsp3) is 0.469. The average Bonchev–Trinajstić information content (AvgIpc) is 3.63. The minimum absolute atomic E-state index is 0.00471. The number of anilines is 1. The summed E-state index contributed by atoms with van der Waals surface area (Å²) in [5.41, 5.74) is 0.548. The lowest BCUT2D eigenvalue weighted by Crippen LogP contribution is -2.43. The number of rotatable bonds is 5. The van der Waals surface area contributed by atoms with Crippen LogP contribution in [0.25, 0.3) is 32.9 Å². The van der Waals surface area contributed by atoms with E-state index in [0.29, 0.717) is 46.6 Å². The molecule has 9 heteroatoms. The fourth-order valence-electron chi connectivity index (χ4n) is 8.07. The second kappa shape index (κ2) is 9.56. The third kappa shape index (κ3) is 4.07. The Morgan fingerprint density at radius 3 is 2.61 bits per heavy atom. The molecule has 4 fully saturated rings. The first-order valence-electron chi connectivity index (χ1n) is 14.8. The molecule has 0 radical (unpaired) electrons. The summed E-state index contributed by atoms with van der Waals surface area (Å²) >= 11 is 0. The summed E-state index contributed by atoms with van der Waals surface area (Å²) in [6.07, 6.45) is 7.50. The third-order valence-corrected chi connectivity index (χ3v) is 10.0. The zero-order valence-electron chi connectivity index (χ0n) is 22.9. The highest BCUT2D eigenvalue weighted by molar-refractivity contribution is 5.99. The molecule has 8 rings (SSSR count). The lowest BCUT2D eigenvalue weighted by molar-refractivity contribution is 0.108. The van der Waals surface area contributed by atoms with Crippen LogP contribution in [0.4, 0.5) is 14.6 Å². The summed E-state index contributed by atoms with van der Waals surface area (Å²) in [7, 11) is 0. The molecule has 3 atom stereocenters. The van der Waals surface area contributed by atoms with Crippen molar-refractivity contribution in [2.75, 3.05) is 37.7 Å². The molecule has 4 aromatic rings. The summed E-state index contributed by atoms with van der Waals surface area (Å²) in [6.45, 7) is 4.00. The Labute approximate surface area is 237 Å². The van der Waals surface area contributed by atoms with E-state index in [1.54, 1.807) is 36.5 Å². The van der Waals surface area contributed by atoms with Gasteiger partial charge in [-0.05, 0) is 69.0 Å². The maximum atomic E-state index is 16.5. The van der Waals surface area contributed by atoms with Gasteiger partial charge in [0, 0.05) is 36.2 Å². The maximum absolute atomic E-state index is 16.5. The number of hydrogen-bond donors (Lipinski definition) is 1. The van der Waals surface area contributed by atoms with Crippen molar-refractivity contribution in [3.63, 3.8) is 0 Å². The molecule has 1 saturated carbocycles. The quantitative estimate of drug-likeness (QED) is 0.355. The average molecular weight is 558 g/mol. The Morgan fingerprint density at radius 1 is 1.00 bits per heavy atom. The van der Waals surface area contributed by atoms with Crippen LogP contribution in [-0.2, 0) is 0 Å². The number of aliphatic hydroxyl groups excluding tert-OH is 1. The van der Waals surface area contributed by atoms with Crippen molar-refractivity contribution in [1.29, 1.82) is 0 Å². The Hall–Kier alpha value is -3.43. The van der Waals surface area contributed by atoms with Crippen LogP contribution >= 0.6 is 0 Å². The molecule has 0 amide bonds. The van der Waals surface area contributed by atoms with Crippen molar-refractivity contribution in [2.24, 2.45) is 11.8 Å². The number of piperidine rings is 1. The van der Waals surface area contributed by atoms with Gasteiger partial charge >= 0.3 is 6.01 Å². The molecule has 3 unspecified atom stereocenters. The SMILES string of the molecule is OC1CC2CC1CN(c1nc(OCC34CCCN3CCC4)nc3c(F)c(-c4cccc5cccc(F)c45)ncc13)C2. The van der Waals surface area contributed by atoms with E-state index < -0.39 is 11.6 Å². The number of nitrogens with zero attached hydrogens (tertiary/aromatic N) is 5. The van der Waals surface area contributed by atoms with Gasteiger partial charge in [0.05, 0.1) is 17.0 Å². The summed E-state index contributed by atoms with van der Waals surface area (Å²) in [4.78, 5) is 18.7. The minimum Gasteiger partial charge on any atom is -0.461 e. The second-order valence-corrected chi connectivity index (χ2v) is 12.4. The first-order valence-corrected chi connectivity index (χ1v) is 14.8. The van der Waals surface area contributed by atoms with Crippen LogP contribution in [0.5, 0.6) is 6.01 Å². The molecule has 41 heavy (non-hydrogen) atoms. The van der Waals surface area contributed by atoms with Crippen LogP contribution in [0.1, 0.15) is 38.5 Å². The molecule has 1 N–H and O–H groups in total. The van der Waals surface area contributed by atoms with Gasteiger partial charge in [-0.15, -0.1) is 0 Å². The smallest absolute Gasteiger partial charge is 0.319 e. The van der Waals surface area contributed by atoms with Gasteiger partial charge in [0.1, 0.15) is 29.5 Å². The van der Waals surface area contributed by atoms with Gasteiger partial charge in [-0.3, -0.25) is 9.88 Å². The van der Waals surface area contributed by atoms with E-state index in [9.17, 15) is 9.50 Å². The number of ether oxygens (including phenoxy) is 1. The van der Waals surface area contributed by atoms with Crippen molar-refractivity contribution in [3.8, 4) is 17.3 Å². The van der Waals surface area contributed by atoms with E-state index in [4.69, 9.17) is 9.72 Å². The van der Waals surface area contributed by atoms with Gasteiger partial charge < -0.3 is 14.7 Å². The van der Waals surface area contributed by atoms with Crippen molar-refractivity contribution in [3.05, 3.63) is 54.2 Å². The van der Waals surface area contributed by atoms with E-state index >= 15 is 4.39 Å². The molecule has 2 aromatic carbocycles.